The number of hydrogen-bond acceptors (Lipinski definition) is 4. The zero-order valence-corrected chi connectivity index (χ0v) is 11.4. The Morgan fingerprint density at radius 3 is 2.62 bits per heavy atom. The highest BCUT2D eigenvalue weighted by atomic mass is 16.5. The van der Waals surface area contributed by atoms with Crippen molar-refractivity contribution in [3.05, 3.63) is 59.3 Å². The molecule has 0 spiro atoms. The number of aromatic carboxylic acids is 1. The molecule has 2 N–H and O–H groups in total. The van der Waals surface area contributed by atoms with Crippen LogP contribution in [0.25, 0.3) is 0 Å². The first-order chi connectivity index (χ1) is 10.1. The number of rotatable bonds is 5. The summed E-state index contributed by atoms with van der Waals surface area (Å²) < 4.78 is 4.95. The quantitative estimate of drug-likeness (QED) is 0.873. The van der Waals surface area contributed by atoms with Crippen LogP contribution >= 0.6 is 0 Å². The number of hydrogen-bond donors (Lipinski definition) is 2. The average Bonchev–Trinajstić information content (AvgIpc) is 2.53. The summed E-state index contributed by atoms with van der Waals surface area (Å²) in [6, 6.07) is 9.37. The van der Waals surface area contributed by atoms with E-state index in [2.05, 4.69) is 10.3 Å². The molecule has 0 fully saturated rings. The minimum Gasteiger partial charge on any atom is -0.481 e. The molecule has 0 aliphatic heterocycles. The van der Waals surface area contributed by atoms with Gasteiger partial charge in [0.15, 0.2) is 0 Å². The van der Waals surface area contributed by atoms with Crippen LogP contribution in [0.15, 0.2) is 42.6 Å². The maximum Gasteiger partial charge on any atom is 0.335 e. The molecular formula is C15H14N2O4. The van der Waals surface area contributed by atoms with Crippen molar-refractivity contribution in [3.63, 3.8) is 0 Å². The first-order valence-electron chi connectivity index (χ1n) is 6.20. The minimum absolute atomic E-state index is 0.0776. The number of aromatic nitrogens is 1. The van der Waals surface area contributed by atoms with Gasteiger partial charge in [-0.25, -0.2) is 9.78 Å². The van der Waals surface area contributed by atoms with Crippen LogP contribution in [0.2, 0.25) is 0 Å². The summed E-state index contributed by atoms with van der Waals surface area (Å²) in [6.07, 6.45) is 1.60. The fourth-order valence-corrected chi connectivity index (χ4v) is 1.71. The number of amides is 1. The van der Waals surface area contributed by atoms with E-state index < -0.39 is 5.97 Å². The van der Waals surface area contributed by atoms with Gasteiger partial charge < -0.3 is 15.2 Å². The molecule has 0 saturated heterocycles. The molecule has 0 aliphatic rings. The van der Waals surface area contributed by atoms with Crippen molar-refractivity contribution in [2.45, 2.75) is 6.54 Å². The molecule has 0 atom stereocenters. The third kappa shape index (κ3) is 3.79. The van der Waals surface area contributed by atoms with Gasteiger partial charge in [0, 0.05) is 24.4 Å². The minimum atomic E-state index is -1.07. The molecule has 0 aliphatic carbocycles. The molecule has 1 heterocycles. The number of carbonyl (C=O) groups is 2. The fraction of sp³-hybridized carbons (Fsp3) is 0.133. The Morgan fingerprint density at radius 1 is 1.24 bits per heavy atom. The van der Waals surface area contributed by atoms with Crippen LogP contribution < -0.4 is 10.1 Å². The Bertz CT molecular complexity index is 653. The van der Waals surface area contributed by atoms with E-state index in [1.807, 2.05) is 0 Å². The summed E-state index contributed by atoms with van der Waals surface area (Å²) in [5, 5.41) is 11.6. The van der Waals surface area contributed by atoms with Gasteiger partial charge in [-0.05, 0) is 23.8 Å². The molecule has 0 unspecified atom stereocenters. The monoisotopic (exact) mass is 286 g/mol. The molecule has 1 aromatic carbocycles. The molecule has 0 saturated carbocycles. The summed E-state index contributed by atoms with van der Waals surface area (Å²) in [5.41, 5.74) is 1.20. The molecule has 2 rings (SSSR count). The Morgan fingerprint density at radius 2 is 2.00 bits per heavy atom. The summed E-state index contributed by atoms with van der Waals surface area (Å²) in [7, 11) is 1.53. The highest BCUT2D eigenvalue weighted by Gasteiger charge is 2.09. The van der Waals surface area contributed by atoms with Crippen LogP contribution in [-0.2, 0) is 6.54 Å². The van der Waals surface area contributed by atoms with Gasteiger partial charge >= 0.3 is 5.97 Å². The number of pyridine rings is 1. The van der Waals surface area contributed by atoms with E-state index in [1.165, 1.54) is 25.3 Å². The number of methoxy groups -OCH3 is 1. The van der Waals surface area contributed by atoms with Gasteiger partial charge in [-0.1, -0.05) is 12.1 Å². The predicted molar refractivity (Wildman–Crippen MR) is 75.4 cm³/mol. The van der Waals surface area contributed by atoms with Gasteiger partial charge in [0.25, 0.3) is 5.91 Å². The number of carboxylic acid groups (broad SMARTS) is 1. The van der Waals surface area contributed by atoms with Crippen LogP contribution in [0.3, 0.4) is 0 Å². The summed E-state index contributed by atoms with van der Waals surface area (Å²) in [5.74, 6) is -0.905. The number of nitrogens with zero attached hydrogens (tertiary/aromatic N) is 1. The maximum atomic E-state index is 12.0. The van der Waals surface area contributed by atoms with Crippen molar-refractivity contribution in [1.82, 2.24) is 10.3 Å². The Kier molecular flexibility index (Phi) is 4.50. The van der Waals surface area contributed by atoms with Crippen LogP contribution in [0, 0.1) is 0 Å². The predicted octanol–water partition coefficient (Wildman–Crippen LogP) is 1.72. The van der Waals surface area contributed by atoms with Crippen LogP contribution in [0.5, 0.6) is 5.88 Å². The molecular weight excluding hydrogens is 272 g/mol. The van der Waals surface area contributed by atoms with E-state index in [9.17, 15) is 9.59 Å². The van der Waals surface area contributed by atoms with E-state index in [1.54, 1.807) is 24.4 Å². The van der Waals surface area contributed by atoms with Crippen molar-refractivity contribution in [3.8, 4) is 5.88 Å². The van der Waals surface area contributed by atoms with Crippen molar-refractivity contribution in [2.75, 3.05) is 7.11 Å². The van der Waals surface area contributed by atoms with Gasteiger partial charge in [0.1, 0.15) is 0 Å². The zero-order valence-electron chi connectivity index (χ0n) is 11.4. The second-order valence-corrected chi connectivity index (χ2v) is 4.28. The van der Waals surface area contributed by atoms with Gasteiger partial charge in [0.2, 0.25) is 5.88 Å². The molecule has 0 bridgehead atoms. The average molecular weight is 286 g/mol. The number of carboxylic acids is 1. The van der Waals surface area contributed by atoms with Gasteiger partial charge in [-0.3, -0.25) is 4.79 Å². The third-order valence-electron chi connectivity index (χ3n) is 2.83. The van der Waals surface area contributed by atoms with Crippen LogP contribution in [0.1, 0.15) is 26.3 Å². The van der Waals surface area contributed by atoms with Gasteiger partial charge in [-0.15, -0.1) is 0 Å². The highest BCUT2D eigenvalue weighted by Crippen LogP contribution is 2.08. The lowest BCUT2D eigenvalue weighted by Crippen LogP contribution is -2.23. The molecule has 6 nitrogen and oxygen atoms in total. The van der Waals surface area contributed by atoms with Crippen molar-refractivity contribution in [1.29, 1.82) is 0 Å². The van der Waals surface area contributed by atoms with Gasteiger partial charge in [0.05, 0.1) is 12.7 Å². The molecule has 0 radical (unpaired) electrons. The molecule has 2 aromatic rings. The molecule has 21 heavy (non-hydrogen) atoms. The normalized spacial score (nSPS) is 9.95. The third-order valence-corrected chi connectivity index (χ3v) is 2.83. The lowest BCUT2D eigenvalue weighted by atomic mass is 10.1. The first-order valence-corrected chi connectivity index (χ1v) is 6.20. The van der Waals surface area contributed by atoms with Crippen molar-refractivity contribution >= 4 is 11.9 Å². The SMILES string of the molecule is COc1ccc(CNC(=O)c2cccc(C(=O)O)c2)cn1. The van der Waals surface area contributed by atoms with Crippen molar-refractivity contribution in [2.24, 2.45) is 0 Å². The van der Waals surface area contributed by atoms with E-state index in [4.69, 9.17) is 9.84 Å². The number of nitrogens with one attached hydrogen (secondary N) is 1. The van der Waals surface area contributed by atoms with Gasteiger partial charge in [-0.2, -0.15) is 0 Å². The Balaban J connectivity index is 2.00. The van der Waals surface area contributed by atoms with Crippen LogP contribution in [-0.4, -0.2) is 29.1 Å². The molecule has 6 heteroatoms. The molecule has 1 aromatic heterocycles. The fourth-order valence-electron chi connectivity index (χ4n) is 1.71. The van der Waals surface area contributed by atoms with E-state index in [-0.39, 0.29) is 11.5 Å². The lowest BCUT2D eigenvalue weighted by Gasteiger charge is -2.06. The first kappa shape index (κ1) is 14.5. The lowest BCUT2D eigenvalue weighted by molar-refractivity contribution is 0.0697. The number of ether oxygens (including phenoxy) is 1. The zero-order chi connectivity index (χ0) is 15.2. The standard InChI is InChI=1S/C15H14N2O4/c1-21-13-6-5-10(8-16-13)9-17-14(18)11-3-2-4-12(7-11)15(19)20/h2-8H,9H2,1H3,(H,17,18)(H,19,20). The Hall–Kier alpha value is -2.89. The summed E-state index contributed by atoms with van der Waals surface area (Å²) in [4.78, 5) is 26.9. The Labute approximate surface area is 121 Å². The maximum absolute atomic E-state index is 12.0. The van der Waals surface area contributed by atoms with E-state index >= 15 is 0 Å². The van der Waals surface area contributed by atoms with E-state index in [0.717, 1.165) is 5.56 Å². The van der Waals surface area contributed by atoms with E-state index in [0.29, 0.717) is 18.0 Å². The largest absolute Gasteiger partial charge is 0.481 e. The number of carbonyl (C=O) groups excluding carboxylic acids is 1. The summed E-state index contributed by atoms with van der Waals surface area (Å²) >= 11 is 0. The van der Waals surface area contributed by atoms with Crippen LogP contribution in [0.4, 0.5) is 0 Å². The number of benzene rings is 1. The topological polar surface area (TPSA) is 88.5 Å². The second-order valence-electron chi connectivity index (χ2n) is 4.28. The molecule has 1 amide bonds. The summed E-state index contributed by atoms with van der Waals surface area (Å²) in [6.45, 7) is 0.299. The van der Waals surface area contributed by atoms with Crippen molar-refractivity contribution < 1.29 is 19.4 Å². The smallest absolute Gasteiger partial charge is 0.335 e. The molecule has 108 valence electrons. The second kappa shape index (κ2) is 6.51. The highest BCUT2D eigenvalue weighted by molar-refractivity contribution is 5.97.